The molecule has 0 spiro atoms. The number of rotatable bonds is 13. The Hall–Kier alpha value is 3.78. The van der Waals surface area contributed by atoms with Crippen LogP contribution in [0.4, 0.5) is 11.6 Å². The number of nitrogens with zero attached hydrogens (tertiary/aromatic N) is 3. The number of halogens is 4. The van der Waals surface area contributed by atoms with Crippen LogP contribution in [0.1, 0.15) is 38.5 Å². The molecule has 0 aliphatic heterocycles. The number of pyridine rings is 3. The fourth-order valence-electron chi connectivity index (χ4n) is 2.72. The van der Waals surface area contributed by atoms with E-state index in [-0.39, 0.29) is 51.4 Å². The second-order valence-electron chi connectivity index (χ2n) is 7.82. The van der Waals surface area contributed by atoms with Crippen molar-refractivity contribution in [1.29, 1.82) is 0 Å². The number of anilines is 2. The van der Waals surface area contributed by atoms with Gasteiger partial charge < -0.3 is 32.3 Å². The molecule has 3 rings (SSSR count). The molecule has 0 saturated heterocycles. The second-order valence-corrected chi connectivity index (χ2v) is 11.7. The average Bonchev–Trinajstić information content (AvgIpc) is 2.99. The second kappa shape index (κ2) is 39.6. The van der Waals surface area contributed by atoms with Crippen LogP contribution in [0, 0.1) is 0 Å². The van der Waals surface area contributed by atoms with Crippen molar-refractivity contribution < 1.29 is 70.8 Å². The van der Waals surface area contributed by atoms with Crippen molar-refractivity contribution in [3.63, 3.8) is 0 Å². The summed E-state index contributed by atoms with van der Waals surface area (Å²) >= 11 is 15.7. The number of hydrogen-bond acceptors (Lipinski definition) is 11. The van der Waals surface area contributed by atoms with E-state index in [9.17, 15) is 0 Å². The Morgan fingerprint density at radius 2 is 1.00 bits per heavy atom. The number of nitrogens with one attached hydrogen (secondary N) is 2. The Balaban J connectivity index is -0.000000602. The molecule has 44 heavy (non-hydrogen) atoms. The molecular weight excluding hydrogens is 930 g/mol. The van der Waals surface area contributed by atoms with Crippen LogP contribution >= 0.6 is 72.0 Å². The van der Waals surface area contributed by atoms with E-state index in [0.29, 0.717) is 0 Å². The molecule has 3 aromatic rings. The summed E-state index contributed by atoms with van der Waals surface area (Å²) in [6.07, 6.45) is 6.85. The third-order valence-corrected chi connectivity index (χ3v) is 6.43. The van der Waals surface area contributed by atoms with Crippen molar-refractivity contribution >= 4 is 147 Å². The SMILES string of the molecule is Brc1cccc(Br)n1.Brc1cccc(NCCCCCNc2cccc(Br)n2)n1.NCCCCCN.O=[P+]([O-])O[O-].[K+].[K][K]. The van der Waals surface area contributed by atoms with Gasteiger partial charge in [-0.2, -0.15) is 0 Å². The van der Waals surface area contributed by atoms with E-state index in [2.05, 4.69) is 94.0 Å². The first kappa shape index (κ1) is 52.1. The molecule has 0 aliphatic carbocycles. The van der Waals surface area contributed by atoms with Gasteiger partial charge in [0.2, 0.25) is 0 Å². The van der Waals surface area contributed by atoms with Gasteiger partial charge in [-0.1, -0.05) is 24.6 Å². The monoisotopic (exact) mass is 961 g/mol. The normalized spacial score (nSPS) is 9.59. The van der Waals surface area contributed by atoms with Crippen LogP contribution < -0.4 is 83.6 Å². The first-order valence-corrected chi connectivity index (χ1v) is 33.8. The molecule has 0 bridgehead atoms. The predicted octanol–water partition coefficient (Wildman–Crippen LogP) is 1.92. The number of nitrogens with two attached hydrogens (primary N) is 2. The third-order valence-electron chi connectivity index (χ3n) is 4.55. The molecule has 19 heteroatoms. The predicted molar refractivity (Wildman–Crippen MR) is 187 cm³/mol. The summed E-state index contributed by atoms with van der Waals surface area (Å²) in [6, 6.07) is 17.4. The third kappa shape index (κ3) is 37.0. The number of aromatic nitrogens is 3. The van der Waals surface area contributed by atoms with Gasteiger partial charge in [0.1, 0.15) is 30.0 Å². The maximum absolute atomic E-state index is 8.87. The van der Waals surface area contributed by atoms with Gasteiger partial charge in [0, 0.05) is 13.1 Å². The van der Waals surface area contributed by atoms with Gasteiger partial charge in [-0.15, -0.1) is 0 Å². The van der Waals surface area contributed by atoms with E-state index in [1.165, 1.54) is 76.0 Å². The zero-order valence-corrected chi connectivity index (χ0v) is 42.0. The van der Waals surface area contributed by atoms with E-state index in [4.69, 9.17) is 26.2 Å². The molecule has 1 atom stereocenters. The van der Waals surface area contributed by atoms with E-state index in [0.717, 1.165) is 81.9 Å². The van der Waals surface area contributed by atoms with Crippen LogP contribution in [0.5, 0.6) is 0 Å². The molecule has 0 aromatic carbocycles. The molecule has 3 heterocycles. The van der Waals surface area contributed by atoms with E-state index in [1.807, 2.05) is 54.6 Å². The minimum absolute atomic E-state index is 0. The first-order valence-electron chi connectivity index (χ1n) is 13.6. The number of unbranched alkanes of at least 4 members (excludes halogenated alkanes) is 4. The van der Waals surface area contributed by atoms with Crippen LogP contribution in [-0.4, -0.2) is 104 Å². The molecule has 0 radical (unpaired) electrons. The van der Waals surface area contributed by atoms with Crippen molar-refractivity contribution in [3.05, 3.63) is 73.0 Å². The summed E-state index contributed by atoms with van der Waals surface area (Å²) in [7, 11) is -3.15. The molecule has 0 aliphatic rings. The Morgan fingerprint density at radius 1 is 0.682 bits per heavy atom. The van der Waals surface area contributed by atoms with Gasteiger partial charge in [-0.3, -0.25) is 0 Å². The Morgan fingerprint density at radius 3 is 1.27 bits per heavy atom. The topological polar surface area (TPSA) is 187 Å². The molecule has 6 N–H and O–H groups in total. The van der Waals surface area contributed by atoms with Gasteiger partial charge >= 0.3 is 123 Å². The van der Waals surface area contributed by atoms with Gasteiger partial charge in [0.15, 0.2) is 0 Å². The standard InChI is InChI=1S/C15H18Br2N4.C5H3Br2N.C5H14N2.3K.HO4P/c16-12-6-4-8-14(20-12)18-10-2-1-3-11-19-15-9-5-7-13(17)21-15;6-4-2-1-3-5(7)8-4;6-4-2-1-3-5-7;;;;1-4-5(2)3/h4-9H,1-3,10-11H2,(H,18,20)(H,19,21);1-3H;1-7H2;;;;1H/q;;;;;+1;/p-1. The van der Waals surface area contributed by atoms with Crippen molar-refractivity contribution in [2.45, 2.75) is 38.5 Å². The molecular formula is C25H35Br4K3N7O4P. The van der Waals surface area contributed by atoms with Gasteiger partial charge in [0.25, 0.3) is 0 Å². The average molecular weight is 965 g/mol. The summed E-state index contributed by atoms with van der Waals surface area (Å²) in [6.45, 7) is 3.50. The van der Waals surface area contributed by atoms with Crippen molar-refractivity contribution in [3.8, 4) is 0 Å². The fourth-order valence-corrected chi connectivity index (χ4v) is 4.33. The van der Waals surface area contributed by atoms with Crippen LogP contribution in [-0.2, 0) is 9.24 Å². The minimum atomic E-state index is -3.15. The zero-order valence-electron chi connectivity index (χ0n) is 25.4. The van der Waals surface area contributed by atoms with Crippen LogP contribution in [0.25, 0.3) is 0 Å². The molecule has 3 aromatic heterocycles. The van der Waals surface area contributed by atoms with Crippen LogP contribution in [0.2, 0.25) is 0 Å². The van der Waals surface area contributed by atoms with Gasteiger partial charge in [-0.05, 0) is 150 Å². The van der Waals surface area contributed by atoms with Crippen LogP contribution in [0.15, 0.2) is 73.0 Å². The Kier molecular flexibility index (Phi) is 46.9. The summed E-state index contributed by atoms with van der Waals surface area (Å²) in [5.74, 6) is 1.83. The van der Waals surface area contributed by atoms with Crippen molar-refractivity contribution in [1.82, 2.24) is 15.0 Å². The first-order chi connectivity index (χ1) is 20.7. The Labute approximate surface area is 383 Å². The van der Waals surface area contributed by atoms with Gasteiger partial charge in [-0.25, -0.2) is 19.6 Å². The molecule has 230 valence electrons. The van der Waals surface area contributed by atoms with Gasteiger partial charge in [0.05, 0.1) is 0 Å². The quantitative estimate of drug-likeness (QED) is 0.0490. The molecule has 11 nitrogen and oxygen atoms in total. The summed E-state index contributed by atoms with van der Waals surface area (Å²) in [4.78, 5) is 21.5. The molecule has 1 unspecified atom stereocenters. The summed E-state index contributed by atoms with van der Waals surface area (Å²) in [5, 5.41) is 15.2. The van der Waals surface area contributed by atoms with E-state index in [1.54, 1.807) is 0 Å². The zero-order chi connectivity index (χ0) is 32.7. The summed E-state index contributed by atoms with van der Waals surface area (Å²) < 4.78 is 14.8. The fraction of sp³-hybridized carbons (Fsp3) is 0.400. The van der Waals surface area contributed by atoms with E-state index < -0.39 is 8.25 Å². The van der Waals surface area contributed by atoms with Crippen molar-refractivity contribution in [2.24, 2.45) is 11.5 Å². The maximum atomic E-state index is 8.87. The Bertz CT molecular complexity index is 1040. The van der Waals surface area contributed by atoms with Crippen molar-refractivity contribution in [2.75, 3.05) is 36.8 Å². The number of hydrogen-bond donors (Lipinski definition) is 4. The van der Waals surface area contributed by atoms with Crippen LogP contribution in [0.3, 0.4) is 0 Å². The van der Waals surface area contributed by atoms with E-state index >= 15 is 0 Å². The summed E-state index contributed by atoms with van der Waals surface area (Å²) in [5.41, 5.74) is 10.5. The molecule has 0 fully saturated rings. The molecule has 0 saturated carbocycles. The molecule has 0 amide bonds.